The molecule has 2 aromatic rings. The minimum absolute atomic E-state index is 0.00284. The molecule has 0 radical (unpaired) electrons. The molecule has 19 heavy (non-hydrogen) atoms. The monoisotopic (exact) mass is 262 g/mol. The van der Waals surface area contributed by atoms with Crippen LogP contribution in [0.4, 0.5) is 5.69 Å². The number of nitro benzene ring substituents is 1. The molecule has 98 valence electrons. The lowest BCUT2D eigenvalue weighted by Crippen LogP contribution is -2.05. The van der Waals surface area contributed by atoms with Crippen LogP contribution in [0.1, 0.15) is 6.42 Å². The number of pyridine rings is 1. The summed E-state index contributed by atoms with van der Waals surface area (Å²) in [5.74, 6) is -0.584. The fourth-order valence-electron chi connectivity index (χ4n) is 1.65. The Morgan fingerprint density at radius 1 is 1.42 bits per heavy atom. The first kappa shape index (κ1) is 12.7. The van der Waals surface area contributed by atoms with Crippen LogP contribution in [-0.2, 0) is 4.79 Å². The van der Waals surface area contributed by atoms with Crippen molar-refractivity contribution < 1.29 is 19.6 Å². The van der Waals surface area contributed by atoms with Gasteiger partial charge in [0.25, 0.3) is 5.69 Å². The fraction of sp³-hybridized carbons (Fsp3) is 0.167. The fourth-order valence-corrected chi connectivity index (χ4v) is 1.65. The number of benzene rings is 1. The third kappa shape index (κ3) is 2.76. The highest BCUT2D eigenvalue weighted by Gasteiger charge is 2.16. The summed E-state index contributed by atoms with van der Waals surface area (Å²) in [4.78, 5) is 24.7. The van der Waals surface area contributed by atoms with Gasteiger partial charge in [0, 0.05) is 17.6 Å². The molecule has 0 saturated heterocycles. The molecular weight excluding hydrogens is 252 g/mol. The van der Waals surface area contributed by atoms with Gasteiger partial charge in [-0.3, -0.25) is 14.9 Å². The number of ether oxygens (including phenoxy) is 1. The van der Waals surface area contributed by atoms with E-state index in [2.05, 4.69) is 4.98 Å². The van der Waals surface area contributed by atoms with Gasteiger partial charge in [-0.2, -0.15) is 0 Å². The average Bonchev–Trinajstić information content (AvgIpc) is 2.38. The van der Waals surface area contributed by atoms with Crippen LogP contribution in [0, 0.1) is 10.1 Å². The predicted octanol–water partition coefficient (Wildman–Crippen LogP) is 2.00. The molecule has 7 nitrogen and oxygen atoms in total. The lowest BCUT2D eigenvalue weighted by molar-refractivity contribution is -0.383. The number of non-ortho nitro benzene ring substituents is 1. The number of carboxylic acid groups (broad SMARTS) is 1. The van der Waals surface area contributed by atoms with Gasteiger partial charge in [0.2, 0.25) is 0 Å². The molecule has 0 aliphatic carbocycles. The van der Waals surface area contributed by atoms with E-state index < -0.39 is 10.9 Å². The molecule has 7 heteroatoms. The number of rotatable bonds is 5. The van der Waals surface area contributed by atoms with Crippen molar-refractivity contribution in [2.45, 2.75) is 6.42 Å². The largest absolute Gasteiger partial charge is 0.492 e. The summed E-state index contributed by atoms with van der Waals surface area (Å²) in [5.41, 5.74) is 0.113. The van der Waals surface area contributed by atoms with E-state index in [1.54, 1.807) is 12.1 Å². The van der Waals surface area contributed by atoms with Crippen molar-refractivity contribution in [1.82, 2.24) is 4.98 Å². The lowest BCUT2D eigenvalue weighted by atomic mass is 10.1. The second-order valence-corrected chi connectivity index (χ2v) is 3.73. The maximum absolute atomic E-state index is 10.9. The van der Waals surface area contributed by atoms with Crippen molar-refractivity contribution in [3.63, 3.8) is 0 Å². The zero-order chi connectivity index (χ0) is 13.8. The summed E-state index contributed by atoms with van der Waals surface area (Å²) < 4.78 is 5.32. The zero-order valence-corrected chi connectivity index (χ0v) is 9.78. The summed E-state index contributed by atoms with van der Waals surface area (Å²) in [5, 5.41) is 19.9. The Balaban J connectivity index is 2.38. The molecule has 1 aromatic carbocycles. The van der Waals surface area contributed by atoms with E-state index in [0.717, 1.165) is 0 Å². The quantitative estimate of drug-likeness (QED) is 0.653. The molecule has 0 bridgehead atoms. The number of nitrogens with zero attached hydrogens (tertiary/aromatic N) is 2. The van der Waals surface area contributed by atoms with E-state index in [9.17, 15) is 14.9 Å². The van der Waals surface area contributed by atoms with E-state index >= 15 is 0 Å². The molecule has 0 fully saturated rings. The van der Waals surface area contributed by atoms with Crippen molar-refractivity contribution in [2.75, 3.05) is 6.61 Å². The van der Waals surface area contributed by atoms with Gasteiger partial charge >= 0.3 is 5.97 Å². The van der Waals surface area contributed by atoms with Crippen LogP contribution in [0.3, 0.4) is 0 Å². The summed E-state index contributed by atoms with van der Waals surface area (Å²) in [6.07, 6.45) is 1.31. The third-order valence-corrected chi connectivity index (χ3v) is 2.48. The lowest BCUT2D eigenvalue weighted by Gasteiger charge is -2.07. The molecular formula is C12H10N2O5. The second-order valence-electron chi connectivity index (χ2n) is 3.73. The van der Waals surface area contributed by atoms with Crippen LogP contribution < -0.4 is 4.74 Å². The number of nitro groups is 1. The molecule has 0 saturated carbocycles. The van der Waals surface area contributed by atoms with Gasteiger partial charge < -0.3 is 9.84 Å². The Morgan fingerprint density at radius 3 is 2.89 bits per heavy atom. The summed E-state index contributed by atoms with van der Waals surface area (Å²) in [6.45, 7) is -0.00284. The highest BCUT2D eigenvalue weighted by Crippen LogP contribution is 2.31. The number of carboxylic acids is 1. The summed E-state index contributed by atoms with van der Waals surface area (Å²) in [6, 6.07) is 6.02. The predicted molar refractivity (Wildman–Crippen MR) is 66.1 cm³/mol. The average molecular weight is 262 g/mol. The van der Waals surface area contributed by atoms with Gasteiger partial charge in [0.15, 0.2) is 5.52 Å². The first-order valence-electron chi connectivity index (χ1n) is 5.46. The standard InChI is InChI=1S/C12H10N2O5/c15-11(16)5-7-19-10-4-3-9(14(17)18)12-8(10)2-1-6-13-12/h1-4,6H,5,7H2,(H,15,16). The van der Waals surface area contributed by atoms with Crippen molar-refractivity contribution in [3.8, 4) is 5.75 Å². The number of fused-ring (bicyclic) bond motifs is 1. The van der Waals surface area contributed by atoms with E-state index in [1.807, 2.05) is 0 Å². The maximum Gasteiger partial charge on any atom is 0.306 e. The van der Waals surface area contributed by atoms with E-state index in [1.165, 1.54) is 18.3 Å². The molecule has 0 aliphatic rings. The summed E-state index contributed by atoms with van der Waals surface area (Å²) in [7, 11) is 0. The Morgan fingerprint density at radius 2 is 2.21 bits per heavy atom. The van der Waals surface area contributed by atoms with Gasteiger partial charge in [-0.1, -0.05) is 0 Å². The van der Waals surface area contributed by atoms with Crippen molar-refractivity contribution in [3.05, 3.63) is 40.6 Å². The molecule has 0 spiro atoms. The molecule has 0 aliphatic heterocycles. The van der Waals surface area contributed by atoms with Crippen LogP contribution >= 0.6 is 0 Å². The van der Waals surface area contributed by atoms with Crippen molar-refractivity contribution in [2.24, 2.45) is 0 Å². The van der Waals surface area contributed by atoms with E-state index in [-0.39, 0.29) is 24.2 Å². The topological polar surface area (TPSA) is 103 Å². The van der Waals surface area contributed by atoms with Crippen LogP contribution in [0.15, 0.2) is 30.5 Å². The zero-order valence-electron chi connectivity index (χ0n) is 9.78. The smallest absolute Gasteiger partial charge is 0.306 e. The minimum Gasteiger partial charge on any atom is -0.492 e. The molecule has 1 aromatic heterocycles. The van der Waals surface area contributed by atoms with E-state index in [0.29, 0.717) is 11.1 Å². The van der Waals surface area contributed by atoms with Gasteiger partial charge in [0.1, 0.15) is 5.75 Å². The number of hydrogen-bond donors (Lipinski definition) is 1. The van der Waals surface area contributed by atoms with Gasteiger partial charge in [-0.05, 0) is 18.2 Å². The Hall–Kier alpha value is -2.70. The van der Waals surface area contributed by atoms with Gasteiger partial charge in [-0.15, -0.1) is 0 Å². The highest BCUT2D eigenvalue weighted by atomic mass is 16.6. The molecule has 1 heterocycles. The minimum atomic E-state index is -0.968. The third-order valence-electron chi connectivity index (χ3n) is 2.48. The number of aromatic nitrogens is 1. The Labute approximate surface area is 107 Å². The van der Waals surface area contributed by atoms with Crippen molar-refractivity contribution >= 4 is 22.6 Å². The number of carbonyl (C=O) groups is 1. The SMILES string of the molecule is O=C(O)CCOc1ccc([N+](=O)[O-])c2ncccc12. The van der Waals surface area contributed by atoms with Crippen LogP contribution in [-0.4, -0.2) is 27.6 Å². The van der Waals surface area contributed by atoms with Gasteiger partial charge in [-0.25, -0.2) is 4.98 Å². The molecule has 1 N–H and O–H groups in total. The van der Waals surface area contributed by atoms with Crippen LogP contribution in [0.25, 0.3) is 10.9 Å². The molecule has 0 atom stereocenters. The maximum atomic E-state index is 10.9. The Kier molecular flexibility index (Phi) is 3.56. The number of hydrogen-bond acceptors (Lipinski definition) is 5. The molecule has 0 amide bonds. The van der Waals surface area contributed by atoms with Crippen LogP contribution in [0.5, 0.6) is 5.75 Å². The normalized spacial score (nSPS) is 10.3. The van der Waals surface area contributed by atoms with Gasteiger partial charge in [0.05, 0.1) is 18.0 Å². The van der Waals surface area contributed by atoms with Crippen molar-refractivity contribution in [1.29, 1.82) is 0 Å². The number of aliphatic carboxylic acids is 1. The summed E-state index contributed by atoms with van der Waals surface area (Å²) >= 11 is 0. The van der Waals surface area contributed by atoms with Crippen LogP contribution in [0.2, 0.25) is 0 Å². The highest BCUT2D eigenvalue weighted by molar-refractivity contribution is 5.92. The first-order valence-corrected chi connectivity index (χ1v) is 5.46. The molecule has 2 rings (SSSR count). The molecule has 0 unspecified atom stereocenters. The Bertz CT molecular complexity index is 641. The first-order chi connectivity index (χ1) is 9.09. The second kappa shape index (κ2) is 5.30. The van der Waals surface area contributed by atoms with E-state index in [4.69, 9.17) is 9.84 Å².